The molecule has 3 rings (SSSR count). The molecule has 3 atom stereocenters. The summed E-state index contributed by atoms with van der Waals surface area (Å²) in [5, 5.41) is 2.98. The molecule has 0 unspecified atom stereocenters. The number of carbonyl (C=O) groups excluding carboxylic acids is 2. The number of nitrogens with one attached hydrogen (secondary N) is 1. The first-order valence-electron chi connectivity index (χ1n) is 10.9. The van der Waals surface area contributed by atoms with Crippen LogP contribution in [0.5, 0.6) is 0 Å². The van der Waals surface area contributed by atoms with E-state index in [2.05, 4.69) is 12.2 Å². The van der Waals surface area contributed by atoms with E-state index < -0.39 is 22.1 Å². The van der Waals surface area contributed by atoms with Gasteiger partial charge in [-0.25, -0.2) is 13.2 Å². The average Bonchev–Trinajstić information content (AvgIpc) is 2.76. The van der Waals surface area contributed by atoms with Crippen LogP contribution >= 0.6 is 0 Å². The molecule has 0 radical (unpaired) electrons. The Morgan fingerprint density at radius 3 is 2.55 bits per heavy atom. The van der Waals surface area contributed by atoms with Crippen LogP contribution in [0.2, 0.25) is 0 Å². The van der Waals surface area contributed by atoms with Gasteiger partial charge >= 0.3 is 5.97 Å². The van der Waals surface area contributed by atoms with Gasteiger partial charge in [-0.15, -0.1) is 0 Å². The van der Waals surface area contributed by atoms with Gasteiger partial charge in [-0.2, -0.15) is 4.31 Å². The lowest BCUT2D eigenvalue weighted by Gasteiger charge is -2.30. The second-order valence-corrected chi connectivity index (χ2v) is 10.3. The summed E-state index contributed by atoms with van der Waals surface area (Å²) in [4.78, 5) is 25.2. The Balaban J connectivity index is 1.68. The Bertz CT molecular complexity index is 911. The highest BCUT2D eigenvalue weighted by atomic mass is 32.2. The molecule has 2 aliphatic rings. The van der Waals surface area contributed by atoms with Gasteiger partial charge in [-0.3, -0.25) is 4.79 Å². The third-order valence-corrected chi connectivity index (χ3v) is 8.14. The summed E-state index contributed by atoms with van der Waals surface area (Å²) >= 11 is 0. The first-order valence-corrected chi connectivity index (χ1v) is 12.3. The van der Waals surface area contributed by atoms with E-state index in [1.165, 1.54) is 29.8 Å². The van der Waals surface area contributed by atoms with Crippen molar-refractivity contribution in [1.29, 1.82) is 0 Å². The van der Waals surface area contributed by atoms with Gasteiger partial charge in [0.1, 0.15) is 0 Å². The van der Waals surface area contributed by atoms with Crippen LogP contribution in [-0.4, -0.2) is 63.0 Å². The molecule has 172 valence electrons. The van der Waals surface area contributed by atoms with Crippen molar-refractivity contribution in [1.82, 2.24) is 9.62 Å². The van der Waals surface area contributed by atoms with Crippen molar-refractivity contribution in [2.45, 2.75) is 63.5 Å². The maximum absolute atomic E-state index is 13.0. The fourth-order valence-corrected chi connectivity index (χ4v) is 5.70. The van der Waals surface area contributed by atoms with Crippen LogP contribution in [0, 0.1) is 12.8 Å². The number of morpholine rings is 1. The topological polar surface area (TPSA) is 102 Å². The fraction of sp³-hybridized carbons (Fsp3) is 0.636. The number of amides is 1. The van der Waals surface area contributed by atoms with Crippen LogP contribution in [0.15, 0.2) is 23.1 Å². The van der Waals surface area contributed by atoms with Crippen molar-refractivity contribution in [2.24, 2.45) is 5.92 Å². The highest BCUT2D eigenvalue weighted by Crippen LogP contribution is 2.25. The molecular weight excluding hydrogens is 420 g/mol. The summed E-state index contributed by atoms with van der Waals surface area (Å²) in [6.45, 7) is 6.55. The predicted octanol–water partition coefficient (Wildman–Crippen LogP) is 2.26. The van der Waals surface area contributed by atoms with E-state index in [-0.39, 0.29) is 35.5 Å². The lowest BCUT2D eigenvalue weighted by atomic mass is 9.86. The van der Waals surface area contributed by atoms with Crippen molar-refractivity contribution in [3.63, 3.8) is 0 Å². The first kappa shape index (κ1) is 23.7. The van der Waals surface area contributed by atoms with E-state index in [0.29, 0.717) is 24.7 Å². The molecule has 9 heteroatoms. The molecule has 1 amide bonds. The number of rotatable bonds is 6. The zero-order chi connectivity index (χ0) is 22.6. The normalized spacial score (nSPS) is 23.7. The maximum atomic E-state index is 13.0. The van der Waals surface area contributed by atoms with Gasteiger partial charge in [0.05, 0.1) is 23.7 Å². The van der Waals surface area contributed by atoms with Crippen LogP contribution < -0.4 is 5.32 Å². The van der Waals surface area contributed by atoms with Gasteiger partial charge in [0.15, 0.2) is 6.10 Å². The van der Waals surface area contributed by atoms with E-state index in [4.69, 9.17) is 9.47 Å². The fourth-order valence-electron chi connectivity index (χ4n) is 4.04. The van der Waals surface area contributed by atoms with Crippen LogP contribution in [0.4, 0.5) is 0 Å². The molecule has 1 heterocycles. The standard InChI is InChI=1S/C22H32N2O6S/c1-15-6-4-5-7-19(15)23-21(25)17(3)30-22(26)18-9-8-16(2)20(14-18)31(27,28)24-10-12-29-13-11-24/h8-9,14-15,17,19H,4-7,10-13H2,1-3H3,(H,23,25)/t15-,17-,19-/m1/s1. The van der Waals surface area contributed by atoms with Crippen LogP contribution in [0.25, 0.3) is 0 Å². The molecule has 1 aliphatic heterocycles. The Kier molecular flexibility index (Phi) is 7.72. The lowest BCUT2D eigenvalue weighted by Crippen LogP contribution is -2.46. The number of carbonyl (C=O) groups is 2. The third-order valence-electron chi connectivity index (χ3n) is 6.10. The Morgan fingerprint density at radius 2 is 1.87 bits per heavy atom. The number of nitrogens with zero attached hydrogens (tertiary/aromatic N) is 1. The van der Waals surface area contributed by atoms with Gasteiger partial charge in [0, 0.05) is 19.1 Å². The van der Waals surface area contributed by atoms with Gasteiger partial charge in [0.25, 0.3) is 5.91 Å². The van der Waals surface area contributed by atoms with Crippen molar-refractivity contribution < 1.29 is 27.5 Å². The van der Waals surface area contributed by atoms with E-state index >= 15 is 0 Å². The molecule has 0 spiro atoms. The zero-order valence-corrected chi connectivity index (χ0v) is 19.2. The molecule has 1 N–H and O–H groups in total. The first-order chi connectivity index (χ1) is 14.7. The van der Waals surface area contributed by atoms with Gasteiger partial charge < -0.3 is 14.8 Å². The molecule has 2 fully saturated rings. The molecule has 0 bridgehead atoms. The highest BCUT2D eigenvalue weighted by molar-refractivity contribution is 7.89. The largest absolute Gasteiger partial charge is 0.449 e. The lowest BCUT2D eigenvalue weighted by molar-refractivity contribution is -0.130. The number of benzene rings is 1. The van der Waals surface area contributed by atoms with Crippen LogP contribution in [-0.2, 0) is 24.3 Å². The minimum atomic E-state index is -3.75. The molecule has 31 heavy (non-hydrogen) atoms. The quantitative estimate of drug-likeness (QED) is 0.665. The molecule has 1 saturated carbocycles. The molecule has 1 aromatic rings. The second-order valence-electron chi connectivity index (χ2n) is 8.42. The summed E-state index contributed by atoms with van der Waals surface area (Å²) in [7, 11) is -3.75. The molecule has 0 aromatic heterocycles. The smallest absolute Gasteiger partial charge is 0.338 e. The predicted molar refractivity (Wildman–Crippen MR) is 115 cm³/mol. The number of hydrogen-bond acceptors (Lipinski definition) is 6. The van der Waals surface area contributed by atoms with E-state index in [0.717, 1.165) is 19.3 Å². The van der Waals surface area contributed by atoms with Crippen molar-refractivity contribution in [3.05, 3.63) is 29.3 Å². The van der Waals surface area contributed by atoms with Crippen LogP contribution in [0.3, 0.4) is 0 Å². The number of sulfonamides is 1. The van der Waals surface area contributed by atoms with E-state index in [1.807, 2.05) is 0 Å². The van der Waals surface area contributed by atoms with Gasteiger partial charge in [-0.1, -0.05) is 25.8 Å². The van der Waals surface area contributed by atoms with E-state index in [1.54, 1.807) is 13.0 Å². The SMILES string of the molecule is Cc1ccc(C(=O)O[C@H](C)C(=O)N[C@@H]2CCCC[C@H]2C)cc1S(=O)(=O)N1CCOCC1. The average molecular weight is 453 g/mol. The van der Waals surface area contributed by atoms with E-state index in [9.17, 15) is 18.0 Å². The molecule has 1 aromatic carbocycles. The van der Waals surface area contributed by atoms with Gasteiger partial charge in [0.2, 0.25) is 10.0 Å². The molecular formula is C22H32N2O6S. The summed E-state index contributed by atoms with van der Waals surface area (Å²) in [5.41, 5.74) is 0.642. The zero-order valence-electron chi connectivity index (χ0n) is 18.4. The molecule has 8 nitrogen and oxygen atoms in total. The molecule has 1 saturated heterocycles. The summed E-state index contributed by atoms with van der Waals surface area (Å²) in [5.74, 6) is -0.663. The second kappa shape index (κ2) is 10.1. The highest BCUT2D eigenvalue weighted by Gasteiger charge is 2.30. The van der Waals surface area contributed by atoms with Crippen LogP contribution in [0.1, 0.15) is 55.5 Å². The number of hydrogen-bond donors (Lipinski definition) is 1. The Hall–Kier alpha value is -1.97. The summed E-state index contributed by atoms with van der Waals surface area (Å²) in [6.07, 6.45) is 3.27. The minimum absolute atomic E-state index is 0.0667. The van der Waals surface area contributed by atoms with Crippen molar-refractivity contribution in [3.8, 4) is 0 Å². The number of aryl methyl sites for hydroxylation is 1. The number of ether oxygens (including phenoxy) is 2. The number of esters is 1. The van der Waals surface area contributed by atoms with Gasteiger partial charge in [-0.05, 0) is 50.3 Å². The monoisotopic (exact) mass is 452 g/mol. The van der Waals surface area contributed by atoms with Crippen molar-refractivity contribution in [2.75, 3.05) is 26.3 Å². The summed E-state index contributed by atoms with van der Waals surface area (Å²) < 4.78 is 38.0. The Morgan fingerprint density at radius 1 is 1.19 bits per heavy atom. The Labute approximate surface area is 184 Å². The summed E-state index contributed by atoms with van der Waals surface area (Å²) in [6, 6.07) is 4.52. The third kappa shape index (κ3) is 5.64. The molecule has 1 aliphatic carbocycles. The van der Waals surface area contributed by atoms with Crippen molar-refractivity contribution >= 4 is 21.9 Å². The minimum Gasteiger partial charge on any atom is -0.449 e. The maximum Gasteiger partial charge on any atom is 0.338 e.